The first-order valence-electron chi connectivity index (χ1n) is 7.83. The summed E-state index contributed by atoms with van der Waals surface area (Å²) >= 11 is 1.30. The van der Waals surface area contributed by atoms with Crippen LogP contribution in [0.2, 0.25) is 0 Å². The average Bonchev–Trinajstić information content (AvgIpc) is 3.26. The number of aromatic nitrogens is 2. The van der Waals surface area contributed by atoms with E-state index in [4.69, 9.17) is 6.42 Å². The van der Waals surface area contributed by atoms with E-state index in [2.05, 4.69) is 31.7 Å². The van der Waals surface area contributed by atoms with Gasteiger partial charge >= 0.3 is 0 Å². The van der Waals surface area contributed by atoms with E-state index in [0.717, 1.165) is 10.6 Å². The van der Waals surface area contributed by atoms with E-state index in [1.54, 1.807) is 12.1 Å². The molecule has 128 valence electrons. The normalized spacial score (nSPS) is 14.1. The van der Waals surface area contributed by atoms with Crippen molar-refractivity contribution in [1.82, 2.24) is 10.2 Å². The SMILES string of the molecule is C#CCCC1(CCC(=O)Nc2nnc(Cc3ccc(F)cc3)s2)N=N1. The van der Waals surface area contributed by atoms with Crippen LogP contribution in [0.3, 0.4) is 0 Å². The Labute approximate surface area is 148 Å². The zero-order chi connectivity index (χ0) is 17.7. The van der Waals surface area contributed by atoms with E-state index >= 15 is 0 Å². The molecule has 0 unspecified atom stereocenters. The van der Waals surface area contributed by atoms with Crippen LogP contribution in [0, 0.1) is 18.2 Å². The number of hydrogen-bond donors (Lipinski definition) is 1. The summed E-state index contributed by atoms with van der Waals surface area (Å²) in [7, 11) is 0. The van der Waals surface area contributed by atoms with Gasteiger partial charge in [-0.15, -0.1) is 22.5 Å². The van der Waals surface area contributed by atoms with Gasteiger partial charge in [0.05, 0.1) is 0 Å². The average molecular weight is 357 g/mol. The Balaban J connectivity index is 1.47. The molecule has 2 heterocycles. The summed E-state index contributed by atoms with van der Waals surface area (Å²) in [4.78, 5) is 12.0. The highest BCUT2D eigenvalue weighted by atomic mass is 32.1. The van der Waals surface area contributed by atoms with Gasteiger partial charge in [-0.1, -0.05) is 23.5 Å². The van der Waals surface area contributed by atoms with Crippen LogP contribution in [0.25, 0.3) is 0 Å². The fourth-order valence-electron chi connectivity index (χ4n) is 2.32. The highest BCUT2D eigenvalue weighted by molar-refractivity contribution is 7.15. The van der Waals surface area contributed by atoms with E-state index in [9.17, 15) is 9.18 Å². The molecule has 1 amide bonds. The van der Waals surface area contributed by atoms with Crippen molar-refractivity contribution in [1.29, 1.82) is 0 Å². The Kier molecular flexibility index (Phi) is 5.14. The number of carbonyl (C=O) groups excluding carboxylic acids is 1. The third-order valence-electron chi connectivity index (χ3n) is 3.79. The third-order valence-corrected chi connectivity index (χ3v) is 4.63. The monoisotopic (exact) mass is 357 g/mol. The van der Waals surface area contributed by atoms with Crippen LogP contribution in [0.4, 0.5) is 9.52 Å². The fourth-order valence-corrected chi connectivity index (χ4v) is 3.11. The molecule has 25 heavy (non-hydrogen) atoms. The van der Waals surface area contributed by atoms with Crippen LogP contribution in [-0.4, -0.2) is 21.8 Å². The fraction of sp³-hybridized carbons (Fsp3) is 0.353. The van der Waals surface area contributed by atoms with Crippen molar-refractivity contribution in [3.05, 3.63) is 40.7 Å². The van der Waals surface area contributed by atoms with E-state index in [0.29, 0.717) is 37.2 Å². The van der Waals surface area contributed by atoms with E-state index < -0.39 is 5.66 Å². The molecular formula is C17H16FN5OS. The van der Waals surface area contributed by atoms with E-state index in [-0.39, 0.29) is 11.7 Å². The number of benzene rings is 1. The van der Waals surface area contributed by atoms with Crippen molar-refractivity contribution in [2.75, 3.05) is 5.32 Å². The Morgan fingerprint density at radius 1 is 1.24 bits per heavy atom. The Morgan fingerprint density at radius 2 is 2.00 bits per heavy atom. The van der Waals surface area contributed by atoms with Gasteiger partial charge in [0.2, 0.25) is 11.0 Å². The number of carbonyl (C=O) groups is 1. The lowest BCUT2D eigenvalue weighted by molar-refractivity contribution is -0.116. The molecule has 1 N–H and O–H groups in total. The van der Waals surface area contributed by atoms with Crippen LogP contribution in [0.5, 0.6) is 0 Å². The molecule has 0 saturated heterocycles. The van der Waals surface area contributed by atoms with Gasteiger partial charge in [-0.3, -0.25) is 4.79 Å². The molecule has 0 atom stereocenters. The number of nitrogens with zero attached hydrogens (tertiary/aromatic N) is 4. The minimum Gasteiger partial charge on any atom is -0.301 e. The first kappa shape index (κ1) is 17.2. The number of hydrogen-bond acceptors (Lipinski definition) is 6. The van der Waals surface area contributed by atoms with Gasteiger partial charge in [0, 0.05) is 32.1 Å². The van der Waals surface area contributed by atoms with Crippen molar-refractivity contribution in [3.8, 4) is 12.3 Å². The number of terminal acetylenes is 1. The molecule has 8 heteroatoms. The lowest BCUT2D eigenvalue weighted by Crippen LogP contribution is -2.17. The summed E-state index contributed by atoms with van der Waals surface area (Å²) in [5.74, 6) is 2.13. The molecule has 1 aromatic heterocycles. The summed E-state index contributed by atoms with van der Waals surface area (Å²) in [6, 6.07) is 6.21. The predicted molar refractivity (Wildman–Crippen MR) is 92.6 cm³/mol. The van der Waals surface area contributed by atoms with Gasteiger partial charge in [-0.2, -0.15) is 10.2 Å². The van der Waals surface area contributed by atoms with Crippen LogP contribution >= 0.6 is 11.3 Å². The van der Waals surface area contributed by atoms with Crippen molar-refractivity contribution >= 4 is 22.4 Å². The van der Waals surface area contributed by atoms with Crippen LogP contribution in [0.1, 0.15) is 36.3 Å². The maximum Gasteiger partial charge on any atom is 0.226 e. The van der Waals surface area contributed by atoms with E-state index in [1.165, 1.54) is 23.5 Å². The van der Waals surface area contributed by atoms with Gasteiger partial charge in [-0.25, -0.2) is 4.39 Å². The van der Waals surface area contributed by atoms with Crippen LogP contribution < -0.4 is 5.32 Å². The molecule has 1 aromatic carbocycles. The molecule has 0 radical (unpaired) electrons. The molecule has 0 saturated carbocycles. The quantitative estimate of drug-likeness (QED) is 0.734. The first-order chi connectivity index (χ1) is 12.1. The Hall–Kier alpha value is -2.66. The minimum atomic E-state index is -0.460. The van der Waals surface area contributed by atoms with Crippen LogP contribution in [-0.2, 0) is 11.2 Å². The van der Waals surface area contributed by atoms with Crippen molar-refractivity contribution in [2.45, 2.75) is 37.8 Å². The Morgan fingerprint density at radius 3 is 2.68 bits per heavy atom. The highest BCUT2D eigenvalue weighted by Gasteiger charge is 2.39. The van der Waals surface area contributed by atoms with Crippen molar-refractivity contribution in [2.24, 2.45) is 10.2 Å². The summed E-state index contributed by atoms with van der Waals surface area (Å²) in [6.45, 7) is 0. The standard InChI is InChI=1S/C17H16FN5OS/c1-2-3-9-17(22-23-17)10-8-14(24)19-16-21-20-15(25-16)11-12-4-6-13(18)7-5-12/h1,4-7H,3,8-11H2,(H,19,21,24). The maximum atomic E-state index is 12.9. The van der Waals surface area contributed by atoms with E-state index in [1.807, 2.05) is 0 Å². The number of rotatable bonds is 8. The molecule has 1 aliphatic heterocycles. The predicted octanol–water partition coefficient (Wildman–Crippen LogP) is 3.56. The summed E-state index contributed by atoms with van der Waals surface area (Å²) in [5, 5.41) is 20.0. The number of nitrogens with one attached hydrogen (secondary N) is 1. The molecule has 0 aliphatic carbocycles. The second-order valence-corrected chi connectivity index (χ2v) is 6.80. The zero-order valence-electron chi connectivity index (χ0n) is 13.4. The number of amides is 1. The Bertz CT molecular complexity index is 818. The molecule has 0 spiro atoms. The largest absolute Gasteiger partial charge is 0.301 e. The van der Waals surface area contributed by atoms with Gasteiger partial charge < -0.3 is 5.32 Å². The molecule has 3 rings (SSSR count). The third kappa shape index (κ3) is 4.90. The van der Waals surface area contributed by atoms with Gasteiger partial charge in [0.1, 0.15) is 10.8 Å². The molecule has 0 fully saturated rings. The molecular weight excluding hydrogens is 341 g/mol. The number of halogens is 1. The lowest BCUT2D eigenvalue weighted by Gasteiger charge is -2.07. The summed E-state index contributed by atoms with van der Waals surface area (Å²) in [6.07, 6.45) is 7.90. The maximum absolute atomic E-state index is 12.9. The lowest BCUT2D eigenvalue weighted by atomic mass is 10.0. The smallest absolute Gasteiger partial charge is 0.226 e. The zero-order valence-corrected chi connectivity index (χ0v) is 14.2. The highest BCUT2D eigenvalue weighted by Crippen LogP contribution is 2.37. The minimum absolute atomic E-state index is 0.151. The van der Waals surface area contributed by atoms with Gasteiger partial charge in [0.25, 0.3) is 0 Å². The molecule has 0 bridgehead atoms. The number of anilines is 1. The van der Waals surface area contributed by atoms with Gasteiger partial charge in [0.15, 0.2) is 5.66 Å². The second-order valence-electron chi connectivity index (χ2n) is 5.74. The summed E-state index contributed by atoms with van der Waals surface area (Å²) in [5.41, 5.74) is 0.473. The second kappa shape index (κ2) is 7.49. The topological polar surface area (TPSA) is 79.6 Å². The van der Waals surface area contributed by atoms with Gasteiger partial charge in [-0.05, 0) is 17.7 Å². The summed E-state index contributed by atoms with van der Waals surface area (Å²) < 4.78 is 12.9. The van der Waals surface area contributed by atoms with Crippen molar-refractivity contribution < 1.29 is 9.18 Å². The molecule has 2 aromatic rings. The van der Waals surface area contributed by atoms with Crippen LogP contribution in [0.15, 0.2) is 34.5 Å². The molecule has 6 nitrogen and oxygen atoms in total. The molecule has 1 aliphatic rings. The first-order valence-corrected chi connectivity index (χ1v) is 8.64. The van der Waals surface area contributed by atoms with Crippen molar-refractivity contribution in [3.63, 3.8) is 0 Å².